The molecular formula is C12H27N3O2S. The Morgan fingerprint density at radius 1 is 1.28 bits per heavy atom. The van der Waals surface area contributed by atoms with Crippen molar-refractivity contribution in [3.8, 4) is 0 Å². The minimum Gasteiger partial charge on any atom is -0.317 e. The number of hydrogen-bond acceptors (Lipinski definition) is 3. The van der Waals surface area contributed by atoms with Gasteiger partial charge in [0.1, 0.15) is 0 Å². The fourth-order valence-corrected chi connectivity index (χ4v) is 3.25. The van der Waals surface area contributed by atoms with E-state index in [-0.39, 0.29) is 0 Å². The lowest BCUT2D eigenvalue weighted by Gasteiger charge is -2.24. The van der Waals surface area contributed by atoms with Crippen LogP contribution in [0.5, 0.6) is 0 Å². The largest absolute Gasteiger partial charge is 0.317 e. The van der Waals surface area contributed by atoms with Crippen molar-refractivity contribution in [2.75, 3.05) is 40.3 Å². The van der Waals surface area contributed by atoms with E-state index in [1.807, 2.05) is 6.92 Å². The van der Waals surface area contributed by atoms with Crippen LogP contribution in [0.4, 0.5) is 0 Å². The summed E-state index contributed by atoms with van der Waals surface area (Å²) in [5.74, 6) is 1.24. The summed E-state index contributed by atoms with van der Waals surface area (Å²) >= 11 is 0. The fraction of sp³-hybridized carbons (Fsp3) is 1.00. The minimum atomic E-state index is -3.27. The van der Waals surface area contributed by atoms with Crippen molar-refractivity contribution in [2.45, 2.75) is 26.7 Å². The highest BCUT2D eigenvalue weighted by Crippen LogP contribution is 2.38. The summed E-state index contributed by atoms with van der Waals surface area (Å²) in [5, 5.41) is 3.20. The molecule has 0 aromatic carbocycles. The molecule has 0 bridgehead atoms. The van der Waals surface area contributed by atoms with E-state index in [0.717, 1.165) is 25.9 Å². The average molecular weight is 277 g/mol. The predicted molar refractivity (Wildman–Crippen MR) is 74.6 cm³/mol. The number of hydrogen-bond donors (Lipinski definition) is 1. The molecule has 1 N–H and O–H groups in total. The van der Waals surface area contributed by atoms with Crippen molar-refractivity contribution in [1.29, 1.82) is 0 Å². The second kappa shape index (κ2) is 6.84. The Morgan fingerprint density at radius 2 is 1.89 bits per heavy atom. The van der Waals surface area contributed by atoms with Crippen LogP contribution in [0.2, 0.25) is 0 Å². The van der Waals surface area contributed by atoms with Crippen molar-refractivity contribution < 1.29 is 8.42 Å². The van der Waals surface area contributed by atoms with Crippen molar-refractivity contribution in [2.24, 2.45) is 11.8 Å². The molecule has 0 aromatic rings. The quantitative estimate of drug-likeness (QED) is 0.633. The van der Waals surface area contributed by atoms with Gasteiger partial charge in [-0.3, -0.25) is 0 Å². The third-order valence-corrected chi connectivity index (χ3v) is 5.54. The van der Waals surface area contributed by atoms with Crippen LogP contribution in [0, 0.1) is 11.8 Å². The maximum Gasteiger partial charge on any atom is 0.281 e. The van der Waals surface area contributed by atoms with E-state index in [1.165, 1.54) is 8.61 Å². The van der Waals surface area contributed by atoms with Crippen LogP contribution in [0.25, 0.3) is 0 Å². The Bertz CT molecular complexity index is 345. The summed E-state index contributed by atoms with van der Waals surface area (Å²) < 4.78 is 27.3. The first-order valence-electron chi connectivity index (χ1n) is 6.78. The van der Waals surface area contributed by atoms with E-state index in [1.54, 1.807) is 14.1 Å². The molecule has 1 aliphatic rings. The normalized spacial score (nSPS) is 23.9. The predicted octanol–water partition coefficient (Wildman–Crippen LogP) is 0.750. The molecule has 1 saturated carbocycles. The first kappa shape index (κ1) is 15.9. The topological polar surface area (TPSA) is 52.7 Å². The number of rotatable bonds is 9. The maximum atomic E-state index is 12.2. The van der Waals surface area contributed by atoms with Crippen LogP contribution in [0.1, 0.15) is 26.7 Å². The molecule has 0 aliphatic heterocycles. The summed E-state index contributed by atoms with van der Waals surface area (Å²) in [7, 11) is 0.0768. The molecule has 108 valence electrons. The van der Waals surface area contributed by atoms with E-state index in [2.05, 4.69) is 12.2 Å². The number of nitrogens with zero attached hydrogens (tertiary/aromatic N) is 2. The van der Waals surface area contributed by atoms with Gasteiger partial charge in [-0.1, -0.05) is 13.8 Å². The first-order chi connectivity index (χ1) is 8.39. The van der Waals surface area contributed by atoms with Crippen LogP contribution in [0.15, 0.2) is 0 Å². The lowest BCUT2D eigenvalue weighted by molar-refractivity contribution is 0.376. The molecule has 1 fully saturated rings. The van der Waals surface area contributed by atoms with Gasteiger partial charge in [-0.2, -0.15) is 17.0 Å². The zero-order valence-corrected chi connectivity index (χ0v) is 12.8. The Balaban J connectivity index is 2.35. The van der Waals surface area contributed by atoms with Gasteiger partial charge in [-0.05, 0) is 37.8 Å². The van der Waals surface area contributed by atoms with Gasteiger partial charge >= 0.3 is 0 Å². The highest BCUT2D eigenvalue weighted by molar-refractivity contribution is 7.86. The molecule has 0 amide bonds. The molecule has 2 unspecified atom stereocenters. The highest BCUT2D eigenvalue weighted by Gasteiger charge is 2.36. The molecule has 5 nitrogen and oxygen atoms in total. The molecule has 0 aromatic heterocycles. The second-order valence-electron chi connectivity index (χ2n) is 5.29. The van der Waals surface area contributed by atoms with Crippen molar-refractivity contribution in [3.63, 3.8) is 0 Å². The monoisotopic (exact) mass is 277 g/mol. The SMILES string of the molecule is CCNCCCN(C)S(=O)(=O)N(C)CC1CC1C. The zero-order valence-electron chi connectivity index (χ0n) is 12.0. The Kier molecular flexibility index (Phi) is 6.04. The van der Waals surface area contributed by atoms with Crippen molar-refractivity contribution in [1.82, 2.24) is 13.9 Å². The molecule has 0 saturated heterocycles. The summed E-state index contributed by atoms with van der Waals surface area (Å²) in [6.45, 7) is 7.23. The van der Waals surface area contributed by atoms with Gasteiger partial charge in [0.15, 0.2) is 0 Å². The van der Waals surface area contributed by atoms with Crippen LogP contribution < -0.4 is 5.32 Å². The maximum absolute atomic E-state index is 12.2. The molecule has 1 aliphatic carbocycles. The van der Waals surface area contributed by atoms with Crippen LogP contribution in [-0.4, -0.2) is 57.3 Å². The molecule has 0 radical (unpaired) electrons. The van der Waals surface area contributed by atoms with Gasteiger partial charge in [0, 0.05) is 27.2 Å². The summed E-state index contributed by atoms with van der Waals surface area (Å²) in [4.78, 5) is 0. The lowest BCUT2D eigenvalue weighted by Crippen LogP contribution is -2.41. The van der Waals surface area contributed by atoms with E-state index in [9.17, 15) is 8.42 Å². The summed E-state index contributed by atoms with van der Waals surface area (Å²) in [6.07, 6.45) is 2.00. The smallest absolute Gasteiger partial charge is 0.281 e. The highest BCUT2D eigenvalue weighted by atomic mass is 32.2. The minimum absolute atomic E-state index is 0.555. The Hall–Kier alpha value is -0.170. The molecular weight excluding hydrogens is 250 g/mol. The van der Waals surface area contributed by atoms with Gasteiger partial charge in [-0.25, -0.2) is 0 Å². The van der Waals surface area contributed by atoms with Crippen LogP contribution >= 0.6 is 0 Å². The van der Waals surface area contributed by atoms with Crippen LogP contribution in [0.3, 0.4) is 0 Å². The van der Waals surface area contributed by atoms with Crippen molar-refractivity contribution >= 4 is 10.2 Å². The molecule has 0 spiro atoms. The van der Waals surface area contributed by atoms with Gasteiger partial charge in [0.2, 0.25) is 0 Å². The van der Waals surface area contributed by atoms with Crippen molar-refractivity contribution in [3.05, 3.63) is 0 Å². The zero-order chi connectivity index (χ0) is 13.8. The molecule has 18 heavy (non-hydrogen) atoms. The van der Waals surface area contributed by atoms with E-state index in [4.69, 9.17) is 0 Å². The average Bonchev–Trinajstić information content (AvgIpc) is 2.99. The summed E-state index contributed by atoms with van der Waals surface area (Å²) in [6, 6.07) is 0. The third kappa shape index (κ3) is 4.50. The van der Waals surface area contributed by atoms with E-state index >= 15 is 0 Å². The number of nitrogens with one attached hydrogen (secondary N) is 1. The standard InChI is InChI=1S/C12H27N3O2S/c1-5-13-7-6-8-14(3)18(16,17)15(4)10-12-9-11(12)2/h11-13H,5-10H2,1-4H3. The summed E-state index contributed by atoms with van der Waals surface area (Å²) in [5.41, 5.74) is 0. The molecule has 0 heterocycles. The second-order valence-corrected chi connectivity index (χ2v) is 7.43. The first-order valence-corrected chi connectivity index (χ1v) is 8.17. The molecule has 6 heteroatoms. The Morgan fingerprint density at radius 3 is 2.39 bits per heavy atom. The lowest BCUT2D eigenvalue weighted by atomic mass is 10.3. The van der Waals surface area contributed by atoms with Gasteiger partial charge in [0.25, 0.3) is 10.2 Å². The van der Waals surface area contributed by atoms with Gasteiger partial charge < -0.3 is 5.32 Å². The molecule has 2 atom stereocenters. The van der Waals surface area contributed by atoms with Gasteiger partial charge in [-0.15, -0.1) is 0 Å². The Labute approximate surface area is 112 Å². The third-order valence-electron chi connectivity index (χ3n) is 3.63. The molecule has 1 rings (SSSR count). The van der Waals surface area contributed by atoms with E-state index < -0.39 is 10.2 Å². The fourth-order valence-electron chi connectivity index (χ4n) is 2.03. The van der Waals surface area contributed by atoms with Gasteiger partial charge in [0.05, 0.1) is 0 Å². The van der Waals surface area contributed by atoms with E-state index in [0.29, 0.717) is 24.9 Å². The van der Waals surface area contributed by atoms with Crippen LogP contribution in [-0.2, 0) is 10.2 Å².